The maximum absolute atomic E-state index is 12.6. The number of hydrogen-bond donors (Lipinski definition) is 2. The Hall–Kier alpha value is -3.12. The van der Waals surface area contributed by atoms with Crippen LogP contribution in [0, 0.1) is 5.92 Å². The van der Waals surface area contributed by atoms with Crippen LogP contribution >= 0.6 is 11.6 Å². The number of aromatic nitrogens is 1. The molecule has 2 N–H and O–H groups in total. The fourth-order valence-electron chi connectivity index (χ4n) is 4.76. The molecule has 6 nitrogen and oxygen atoms in total. The molecule has 3 aromatic rings. The highest BCUT2D eigenvalue weighted by Gasteiger charge is 2.33. The van der Waals surface area contributed by atoms with Gasteiger partial charge in [-0.1, -0.05) is 54.4 Å². The predicted molar refractivity (Wildman–Crippen MR) is 130 cm³/mol. The molecule has 2 atom stereocenters. The summed E-state index contributed by atoms with van der Waals surface area (Å²) >= 11 is 5.91. The lowest BCUT2D eigenvalue weighted by molar-refractivity contribution is -0.136. The number of nitrogens with one attached hydrogen (secondary N) is 1. The first-order valence-electron chi connectivity index (χ1n) is 11.8. The largest absolute Gasteiger partial charge is 0.481 e. The number of amides is 1. The first-order chi connectivity index (χ1) is 16.5. The molecular weight excluding hydrogens is 452 g/mol. The Balaban J connectivity index is 1.35. The molecule has 0 spiro atoms. The van der Waals surface area contributed by atoms with Gasteiger partial charge in [-0.15, -0.1) is 0 Å². The number of rotatable bonds is 10. The Bertz CT molecular complexity index is 1130. The van der Waals surface area contributed by atoms with Crippen LogP contribution in [0.5, 0.6) is 0 Å². The molecule has 2 aromatic carbocycles. The van der Waals surface area contributed by atoms with Crippen LogP contribution < -0.4 is 5.32 Å². The quantitative estimate of drug-likeness (QED) is 0.403. The fraction of sp³-hybridized carbons (Fsp3) is 0.370. The normalized spacial score (nSPS) is 17.6. The van der Waals surface area contributed by atoms with Crippen LogP contribution in [0.3, 0.4) is 0 Å². The second-order valence-electron chi connectivity index (χ2n) is 8.87. The van der Waals surface area contributed by atoms with Crippen molar-refractivity contribution in [3.8, 4) is 0 Å². The number of benzene rings is 2. The highest BCUT2D eigenvalue weighted by Crippen LogP contribution is 2.41. The van der Waals surface area contributed by atoms with Crippen LogP contribution in [0.2, 0.25) is 5.02 Å². The number of carbonyl (C=O) groups is 2. The highest BCUT2D eigenvalue weighted by molar-refractivity contribution is 6.30. The van der Waals surface area contributed by atoms with Gasteiger partial charge in [-0.2, -0.15) is 0 Å². The number of oxazole rings is 1. The standard InChI is InChI=1S/C27H29ClN2O4/c28-22-11-8-18(9-12-22)14-15-29-26(33)24-17-34-27(30-24)23-7-3-6-21(23)16-20-5-2-1-4-19(20)10-13-25(31)32/h1-2,4-5,8-9,11-12,17,21,23H,3,6-7,10,13-16H2,(H,29,33)(H,31,32). The van der Waals surface area contributed by atoms with Crippen LogP contribution in [-0.4, -0.2) is 28.5 Å². The lowest BCUT2D eigenvalue weighted by Crippen LogP contribution is -2.26. The maximum Gasteiger partial charge on any atom is 0.303 e. The summed E-state index contributed by atoms with van der Waals surface area (Å²) in [5.41, 5.74) is 3.68. The summed E-state index contributed by atoms with van der Waals surface area (Å²) in [4.78, 5) is 28.1. The van der Waals surface area contributed by atoms with E-state index in [1.165, 1.54) is 11.8 Å². The number of carbonyl (C=O) groups excluding carboxylic acids is 1. The van der Waals surface area contributed by atoms with Gasteiger partial charge < -0.3 is 14.8 Å². The van der Waals surface area contributed by atoms with E-state index in [0.717, 1.165) is 36.8 Å². The van der Waals surface area contributed by atoms with E-state index in [4.69, 9.17) is 21.1 Å². The van der Waals surface area contributed by atoms with Crippen molar-refractivity contribution in [1.82, 2.24) is 10.3 Å². The van der Waals surface area contributed by atoms with E-state index >= 15 is 0 Å². The summed E-state index contributed by atoms with van der Waals surface area (Å²) in [7, 11) is 0. The smallest absolute Gasteiger partial charge is 0.303 e. The van der Waals surface area contributed by atoms with Gasteiger partial charge in [0.15, 0.2) is 11.6 Å². The molecule has 1 amide bonds. The van der Waals surface area contributed by atoms with Gasteiger partial charge in [0.05, 0.1) is 0 Å². The second-order valence-corrected chi connectivity index (χ2v) is 9.30. The van der Waals surface area contributed by atoms with E-state index in [1.54, 1.807) is 0 Å². The topological polar surface area (TPSA) is 92.4 Å². The summed E-state index contributed by atoms with van der Waals surface area (Å²) in [6, 6.07) is 15.6. The van der Waals surface area contributed by atoms with Gasteiger partial charge in [-0.3, -0.25) is 9.59 Å². The molecule has 1 aromatic heterocycles. The zero-order valence-electron chi connectivity index (χ0n) is 19.0. The molecule has 1 aliphatic carbocycles. The average Bonchev–Trinajstić information content (AvgIpc) is 3.49. The van der Waals surface area contributed by atoms with E-state index in [0.29, 0.717) is 41.9 Å². The zero-order valence-corrected chi connectivity index (χ0v) is 19.8. The Morgan fingerprint density at radius 3 is 2.59 bits per heavy atom. The first-order valence-corrected chi connectivity index (χ1v) is 12.1. The first kappa shape index (κ1) is 24.0. The third-order valence-corrected chi connectivity index (χ3v) is 6.80. The number of halogens is 1. The molecule has 4 rings (SSSR count). The van der Waals surface area contributed by atoms with Crippen molar-refractivity contribution in [2.45, 2.75) is 50.9 Å². The molecule has 2 unspecified atom stereocenters. The molecular formula is C27H29ClN2O4. The molecule has 178 valence electrons. The van der Waals surface area contributed by atoms with Crippen molar-refractivity contribution in [2.75, 3.05) is 6.54 Å². The van der Waals surface area contributed by atoms with Gasteiger partial charge in [0, 0.05) is 23.9 Å². The SMILES string of the molecule is O=C(O)CCc1ccccc1CC1CCCC1c1nc(C(=O)NCCc2ccc(Cl)cc2)co1. The molecule has 0 radical (unpaired) electrons. The molecule has 7 heteroatoms. The Morgan fingerprint density at radius 2 is 1.82 bits per heavy atom. The van der Waals surface area contributed by atoms with Crippen molar-refractivity contribution in [3.63, 3.8) is 0 Å². The lowest BCUT2D eigenvalue weighted by Gasteiger charge is -2.18. The highest BCUT2D eigenvalue weighted by atomic mass is 35.5. The van der Waals surface area contributed by atoms with Gasteiger partial charge in [0.2, 0.25) is 0 Å². The Morgan fingerprint density at radius 1 is 1.06 bits per heavy atom. The third-order valence-electron chi connectivity index (χ3n) is 6.55. The van der Waals surface area contributed by atoms with Crippen LogP contribution in [-0.2, 0) is 24.1 Å². The Kier molecular flexibility index (Phi) is 8.01. The molecule has 1 saturated carbocycles. The maximum atomic E-state index is 12.6. The van der Waals surface area contributed by atoms with Crippen molar-refractivity contribution < 1.29 is 19.1 Å². The predicted octanol–water partition coefficient (Wildman–Crippen LogP) is 5.44. The zero-order chi connectivity index (χ0) is 23.9. The number of aryl methyl sites for hydroxylation is 1. The molecule has 1 aliphatic rings. The van der Waals surface area contributed by atoms with Crippen molar-refractivity contribution in [1.29, 1.82) is 0 Å². The summed E-state index contributed by atoms with van der Waals surface area (Å²) in [6.45, 7) is 0.502. The minimum Gasteiger partial charge on any atom is -0.481 e. The van der Waals surface area contributed by atoms with E-state index < -0.39 is 5.97 Å². The molecule has 0 saturated heterocycles. The molecule has 1 fully saturated rings. The number of carboxylic acid groups (broad SMARTS) is 1. The number of nitrogens with zero attached hydrogens (tertiary/aromatic N) is 1. The summed E-state index contributed by atoms with van der Waals surface area (Å²) in [6.07, 6.45) is 6.78. The van der Waals surface area contributed by atoms with E-state index in [1.807, 2.05) is 42.5 Å². The van der Waals surface area contributed by atoms with Gasteiger partial charge in [-0.25, -0.2) is 4.98 Å². The molecule has 34 heavy (non-hydrogen) atoms. The monoisotopic (exact) mass is 480 g/mol. The van der Waals surface area contributed by atoms with E-state index in [9.17, 15) is 9.59 Å². The van der Waals surface area contributed by atoms with Crippen LogP contribution in [0.25, 0.3) is 0 Å². The van der Waals surface area contributed by atoms with Crippen molar-refractivity contribution in [3.05, 3.63) is 88.1 Å². The van der Waals surface area contributed by atoms with Crippen molar-refractivity contribution >= 4 is 23.5 Å². The summed E-state index contributed by atoms with van der Waals surface area (Å²) in [5, 5.41) is 12.6. The lowest BCUT2D eigenvalue weighted by atomic mass is 9.87. The van der Waals surface area contributed by atoms with Crippen molar-refractivity contribution in [2.24, 2.45) is 5.92 Å². The van der Waals surface area contributed by atoms with Gasteiger partial charge >= 0.3 is 5.97 Å². The minimum atomic E-state index is -0.785. The average molecular weight is 481 g/mol. The van der Waals surface area contributed by atoms with Crippen LogP contribution in [0.4, 0.5) is 0 Å². The van der Waals surface area contributed by atoms with Gasteiger partial charge in [-0.05, 0) is 66.8 Å². The summed E-state index contributed by atoms with van der Waals surface area (Å²) in [5.74, 6) is 0.104. The fourth-order valence-corrected chi connectivity index (χ4v) is 4.88. The number of aliphatic carboxylic acids is 1. The number of hydrogen-bond acceptors (Lipinski definition) is 4. The van der Waals surface area contributed by atoms with Crippen LogP contribution in [0.15, 0.2) is 59.2 Å². The molecule has 1 heterocycles. The summed E-state index contributed by atoms with van der Waals surface area (Å²) < 4.78 is 5.76. The van der Waals surface area contributed by atoms with Crippen LogP contribution in [0.1, 0.15) is 64.7 Å². The van der Waals surface area contributed by atoms with Gasteiger partial charge in [0.25, 0.3) is 5.91 Å². The van der Waals surface area contributed by atoms with Gasteiger partial charge in [0.1, 0.15) is 6.26 Å². The molecule has 0 aliphatic heterocycles. The van der Waals surface area contributed by atoms with E-state index in [2.05, 4.69) is 16.4 Å². The third kappa shape index (κ3) is 6.26. The number of carboxylic acids is 1. The Labute approximate surface area is 204 Å². The minimum absolute atomic E-state index is 0.126. The molecule has 0 bridgehead atoms. The second kappa shape index (κ2) is 11.3. The van der Waals surface area contributed by atoms with E-state index in [-0.39, 0.29) is 18.2 Å².